The molecule has 0 aliphatic heterocycles. The van der Waals surface area contributed by atoms with Gasteiger partial charge in [0.25, 0.3) is 0 Å². The predicted molar refractivity (Wildman–Crippen MR) is 123 cm³/mol. The van der Waals surface area contributed by atoms with Crippen molar-refractivity contribution in [1.82, 2.24) is 14.1 Å². The minimum Gasteiger partial charge on any atom is -0.466 e. The van der Waals surface area contributed by atoms with Crippen LogP contribution in [0.4, 0.5) is 0 Å². The van der Waals surface area contributed by atoms with Crippen LogP contribution in [0.25, 0.3) is 21.9 Å². The molecule has 0 spiro atoms. The van der Waals surface area contributed by atoms with Gasteiger partial charge in [0, 0.05) is 36.3 Å². The maximum absolute atomic E-state index is 11.6. The summed E-state index contributed by atoms with van der Waals surface area (Å²) in [7, 11) is 2.10. The molecule has 0 fully saturated rings. The van der Waals surface area contributed by atoms with E-state index in [4.69, 9.17) is 9.72 Å². The molecular formula is C24H27N3O2S. The Kier molecular flexibility index (Phi) is 6.13. The topological polar surface area (TPSA) is 49.0 Å². The van der Waals surface area contributed by atoms with Crippen molar-refractivity contribution in [2.45, 2.75) is 38.4 Å². The van der Waals surface area contributed by atoms with Crippen molar-refractivity contribution in [3.63, 3.8) is 0 Å². The first kappa shape index (κ1) is 20.5. The number of imidazole rings is 1. The van der Waals surface area contributed by atoms with E-state index in [0.29, 0.717) is 13.0 Å². The van der Waals surface area contributed by atoms with Gasteiger partial charge in [0.1, 0.15) is 0 Å². The quantitative estimate of drug-likeness (QED) is 0.219. The van der Waals surface area contributed by atoms with Crippen molar-refractivity contribution < 1.29 is 9.53 Å². The summed E-state index contributed by atoms with van der Waals surface area (Å²) >= 11 is 1.71. The van der Waals surface area contributed by atoms with Crippen LogP contribution in [0.15, 0.2) is 53.8 Å². The van der Waals surface area contributed by atoms with Gasteiger partial charge >= 0.3 is 5.97 Å². The number of aromatic nitrogens is 3. The molecule has 0 N–H and O–H groups in total. The number of thioether (sulfide) groups is 1. The van der Waals surface area contributed by atoms with Gasteiger partial charge in [-0.25, -0.2) is 4.98 Å². The highest BCUT2D eigenvalue weighted by Crippen LogP contribution is 2.30. The van der Waals surface area contributed by atoms with Crippen LogP contribution in [0, 0.1) is 6.92 Å². The normalized spacial score (nSPS) is 11.4. The molecule has 0 aliphatic rings. The van der Waals surface area contributed by atoms with Crippen molar-refractivity contribution in [3.05, 3.63) is 59.8 Å². The average Bonchev–Trinajstić information content (AvgIpc) is 3.24. The highest BCUT2D eigenvalue weighted by Gasteiger charge is 2.15. The number of nitrogens with zero attached hydrogens (tertiary/aromatic N) is 3. The number of aryl methyl sites for hydroxylation is 2. The zero-order valence-corrected chi connectivity index (χ0v) is 18.5. The molecule has 0 saturated heterocycles. The smallest absolute Gasteiger partial charge is 0.305 e. The number of hydrogen-bond donors (Lipinski definition) is 0. The number of esters is 1. The zero-order valence-electron chi connectivity index (χ0n) is 17.7. The van der Waals surface area contributed by atoms with E-state index in [1.165, 1.54) is 22.0 Å². The Morgan fingerprint density at radius 1 is 1.13 bits per heavy atom. The van der Waals surface area contributed by atoms with Crippen LogP contribution < -0.4 is 0 Å². The second kappa shape index (κ2) is 8.96. The molecule has 2 aromatic heterocycles. The molecule has 6 heteroatoms. The van der Waals surface area contributed by atoms with Gasteiger partial charge < -0.3 is 13.9 Å². The number of ether oxygens (including phenoxy) is 1. The number of hydrogen-bond acceptors (Lipinski definition) is 4. The van der Waals surface area contributed by atoms with Crippen molar-refractivity contribution in [3.8, 4) is 0 Å². The monoisotopic (exact) mass is 421 g/mol. The fourth-order valence-electron chi connectivity index (χ4n) is 3.95. The van der Waals surface area contributed by atoms with Gasteiger partial charge in [-0.2, -0.15) is 0 Å². The van der Waals surface area contributed by atoms with E-state index in [1.807, 2.05) is 13.0 Å². The van der Waals surface area contributed by atoms with Crippen LogP contribution >= 0.6 is 11.8 Å². The number of rotatable bonds is 8. The first-order valence-corrected chi connectivity index (χ1v) is 11.3. The van der Waals surface area contributed by atoms with Gasteiger partial charge in [0.15, 0.2) is 5.16 Å². The van der Waals surface area contributed by atoms with Crippen LogP contribution in [0.2, 0.25) is 0 Å². The van der Waals surface area contributed by atoms with Gasteiger partial charge in [0.05, 0.1) is 24.2 Å². The molecule has 0 unspecified atom stereocenters. The lowest BCUT2D eigenvalue weighted by atomic mass is 10.1. The molecule has 0 radical (unpaired) electrons. The molecule has 156 valence electrons. The van der Waals surface area contributed by atoms with Crippen molar-refractivity contribution >= 4 is 39.7 Å². The Morgan fingerprint density at radius 3 is 2.77 bits per heavy atom. The molecule has 4 aromatic rings. The molecule has 4 rings (SSSR count). The zero-order chi connectivity index (χ0) is 21.1. The first-order chi connectivity index (χ1) is 14.6. The summed E-state index contributed by atoms with van der Waals surface area (Å²) in [5, 5.41) is 2.31. The number of para-hydroxylation sites is 2. The van der Waals surface area contributed by atoms with Crippen LogP contribution in [0.3, 0.4) is 0 Å². The molecule has 2 aromatic carbocycles. The van der Waals surface area contributed by atoms with E-state index >= 15 is 0 Å². The number of benzene rings is 2. The lowest BCUT2D eigenvalue weighted by molar-refractivity contribution is -0.143. The lowest BCUT2D eigenvalue weighted by Gasteiger charge is -2.09. The van der Waals surface area contributed by atoms with Gasteiger partial charge in [-0.3, -0.25) is 4.79 Å². The van der Waals surface area contributed by atoms with Gasteiger partial charge in [-0.05, 0) is 49.6 Å². The van der Waals surface area contributed by atoms with Gasteiger partial charge in [-0.15, -0.1) is 0 Å². The SMILES string of the molecule is CCOC(=O)CCCSc1nc2ccccc2n1Cc1cn(C)c2cccc(C)c12. The minimum atomic E-state index is -0.127. The Labute approximate surface area is 181 Å². The third kappa shape index (κ3) is 4.10. The van der Waals surface area contributed by atoms with Crippen LogP contribution in [0.1, 0.15) is 30.9 Å². The van der Waals surface area contributed by atoms with E-state index in [2.05, 4.69) is 65.7 Å². The van der Waals surface area contributed by atoms with Crippen molar-refractivity contribution in [2.75, 3.05) is 12.4 Å². The molecular weight excluding hydrogens is 394 g/mol. The van der Waals surface area contributed by atoms with Gasteiger partial charge in [0.2, 0.25) is 0 Å². The Hall–Kier alpha value is -2.73. The predicted octanol–water partition coefficient (Wildman–Crippen LogP) is 5.32. The summed E-state index contributed by atoms with van der Waals surface area (Å²) in [6.45, 7) is 5.21. The summed E-state index contributed by atoms with van der Waals surface area (Å²) in [4.78, 5) is 16.5. The molecule has 0 saturated carbocycles. The number of carbonyl (C=O) groups is 1. The summed E-state index contributed by atoms with van der Waals surface area (Å²) < 4.78 is 9.52. The third-order valence-corrected chi connectivity index (χ3v) is 6.37. The molecule has 0 atom stereocenters. The van der Waals surface area contributed by atoms with Crippen molar-refractivity contribution in [1.29, 1.82) is 0 Å². The maximum Gasteiger partial charge on any atom is 0.305 e. The Morgan fingerprint density at radius 2 is 1.93 bits per heavy atom. The largest absolute Gasteiger partial charge is 0.466 e. The first-order valence-electron chi connectivity index (χ1n) is 10.4. The standard InChI is InChI=1S/C24H27N3O2S/c1-4-29-22(28)13-8-14-30-24-25-19-10-5-6-11-20(19)27(24)16-18-15-26(3)21-12-7-9-17(2)23(18)21/h5-7,9-12,15H,4,8,13-14,16H2,1-3H3. The van der Waals surface area contributed by atoms with E-state index in [1.54, 1.807) is 11.8 Å². The van der Waals surface area contributed by atoms with Crippen LogP contribution in [-0.4, -0.2) is 32.4 Å². The Balaban J connectivity index is 1.62. The summed E-state index contributed by atoms with van der Waals surface area (Å²) in [5.74, 6) is 0.703. The van der Waals surface area contributed by atoms with Crippen molar-refractivity contribution in [2.24, 2.45) is 7.05 Å². The molecule has 0 bridgehead atoms. The fourth-order valence-corrected chi connectivity index (χ4v) is 4.90. The summed E-state index contributed by atoms with van der Waals surface area (Å²) in [6, 6.07) is 14.7. The second-order valence-corrected chi connectivity index (χ2v) is 8.52. The average molecular weight is 422 g/mol. The highest BCUT2D eigenvalue weighted by atomic mass is 32.2. The highest BCUT2D eigenvalue weighted by molar-refractivity contribution is 7.99. The molecule has 0 amide bonds. The van der Waals surface area contributed by atoms with E-state index in [9.17, 15) is 4.79 Å². The van der Waals surface area contributed by atoms with Crippen LogP contribution in [-0.2, 0) is 23.1 Å². The second-order valence-electron chi connectivity index (χ2n) is 7.46. The number of fused-ring (bicyclic) bond motifs is 2. The molecule has 0 aliphatic carbocycles. The minimum absolute atomic E-state index is 0.127. The molecule has 30 heavy (non-hydrogen) atoms. The van der Waals surface area contributed by atoms with Gasteiger partial charge in [-0.1, -0.05) is 36.0 Å². The van der Waals surface area contributed by atoms with E-state index < -0.39 is 0 Å². The van der Waals surface area contributed by atoms with E-state index in [-0.39, 0.29) is 5.97 Å². The third-order valence-electron chi connectivity index (χ3n) is 5.31. The number of carbonyl (C=O) groups excluding carboxylic acids is 1. The Bertz CT molecular complexity index is 1190. The molecule has 5 nitrogen and oxygen atoms in total. The lowest BCUT2D eigenvalue weighted by Crippen LogP contribution is -2.05. The van der Waals surface area contributed by atoms with E-state index in [0.717, 1.165) is 34.9 Å². The summed E-state index contributed by atoms with van der Waals surface area (Å²) in [6.07, 6.45) is 3.45. The fraction of sp³-hybridized carbons (Fsp3) is 0.333. The summed E-state index contributed by atoms with van der Waals surface area (Å²) in [5.41, 5.74) is 5.97. The molecule has 2 heterocycles. The maximum atomic E-state index is 11.6. The van der Waals surface area contributed by atoms with Crippen LogP contribution in [0.5, 0.6) is 0 Å².